The molecule has 1 aliphatic carbocycles. The van der Waals surface area contributed by atoms with Crippen molar-refractivity contribution in [3.05, 3.63) is 47.2 Å². The zero-order chi connectivity index (χ0) is 16.1. The highest BCUT2D eigenvalue weighted by atomic mass is 35.5. The fourth-order valence-corrected chi connectivity index (χ4v) is 3.23. The van der Waals surface area contributed by atoms with Crippen LogP contribution in [-0.4, -0.2) is 16.8 Å². The van der Waals surface area contributed by atoms with Gasteiger partial charge in [-0.05, 0) is 32.4 Å². The summed E-state index contributed by atoms with van der Waals surface area (Å²) in [6.07, 6.45) is 6.36. The van der Waals surface area contributed by atoms with Crippen molar-refractivity contribution in [1.29, 1.82) is 0 Å². The number of benzene rings is 1. The second-order valence-corrected chi connectivity index (χ2v) is 6.51. The lowest BCUT2D eigenvalue weighted by atomic mass is 9.96. The summed E-state index contributed by atoms with van der Waals surface area (Å²) in [6.45, 7) is 3.48. The third-order valence-electron chi connectivity index (χ3n) is 4.54. The van der Waals surface area contributed by atoms with E-state index in [1.807, 2.05) is 7.05 Å². The molecule has 5 heteroatoms. The lowest BCUT2D eigenvalue weighted by molar-refractivity contribution is 0.237. The Morgan fingerprint density at radius 1 is 1.17 bits per heavy atom. The third-order valence-corrected chi connectivity index (χ3v) is 4.54. The summed E-state index contributed by atoms with van der Waals surface area (Å²) in [5, 5.41) is 7.96. The van der Waals surface area contributed by atoms with Crippen LogP contribution in [0.2, 0.25) is 0 Å². The average Bonchev–Trinajstić information content (AvgIpc) is 2.98. The SMILES string of the molecule is CNCc1cc(OCc2ccc(C)cc2)n(C2CCCCC2)n1.Cl. The fourth-order valence-electron chi connectivity index (χ4n) is 3.23. The number of hydrogen-bond donors (Lipinski definition) is 1. The van der Waals surface area contributed by atoms with Gasteiger partial charge < -0.3 is 10.1 Å². The van der Waals surface area contributed by atoms with Crippen molar-refractivity contribution in [1.82, 2.24) is 15.1 Å². The first kappa shape index (κ1) is 18.8. The van der Waals surface area contributed by atoms with Gasteiger partial charge in [-0.25, -0.2) is 4.68 Å². The van der Waals surface area contributed by atoms with E-state index in [0.717, 1.165) is 18.1 Å². The van der Waals surface area contributed by atoms with Gasteiger partial charge in [0.1, 0.15) is 6.61 Å². The van der Waals surface area contributed by atoms with Crippen LogP contribution in [0.1, 0.15) is 55.0 Å². The molecule has 4 nitrogen and oxygen atoms in total. The number of hydrogen-bond acceptors (Lipinski definition) is 3. The molecule has 0 aliphatic heterocycles. The molecule has 24 heavy (non-hydrogen) atoms. The smallest absolute Gasteiger partial charge is 0.212 e. The average molecular weight is 350 g/mol. The van der Waals surface area contributed by atoms with E-state index in [9.17, 15) is 0 Å². The first-order valence-corrected chi connectivity index (χ1v) is 8.67. The van der Waals surface area contributed by atoms with Crippen molar-refractivity contribution in [2.75, 3.05) is 7.05 Å². The van der Waals surface area contributed by atoms with E-state index in [4.69, 9.17) is 9.84 Å². The molecule has 1 N–H and O–H groups in total. The van der Waals surface area contributed by atoms with E-state index in [1.54, 1.807) is 0 Å². The molecular weight excluding hydrogens is 322 g/mol. The lowest BCUT2D eigenvalue weighted by Gasteiger charge is -2.23. The van der Waals surface area contributed by atoms with E-state index in [2.05, 4.69) is 47.3 Å². The van der Waals surface area contributed by atoms with Crippen LogP contribution in [-0.2, 0) is 13.2 Å². The Bertz CT molecular complexity index is 618. The summed E-state index contributed by atoms with van der Waals surface area (Å²) < 4.78 is 8.24. The predicted octanol–water partition coefficient (Wildman–Crippen LogP) is 4.42. The Balaban J connectivity index is 0.00000208. The van der Waals surface area contributed by atoms with Crippen LogP contribution in [0, 0.1) is 6.92 Å². The van der Waals surface area contributed by atoms with Crippen LogP contribution in [0.5, 0.6) is 5.88 Å². The summed E-state index contributed by atoms with van der Waals surface area (Å²) >= 11 is 0. The normalized spacial score (nSPS) is 15.1. The number of nitrogens with zero attached hydrogens (tertiary/aromatic N) is 2. The molecule has 0 spiro atoms. The van der Waals surface area contributed by atoms with E-state index >= 15 is 0 Å². The van der Waals surface area contributed by atoms with Gasteiger partial charge in [0.15, 0.2) is 0 Å². The van der Waals surface area contributed by atoms with E-state index in [1.165, 1.54) is 43.2 Å². The summed E-state index contributed by atoms with van der Waals surface area (Å²) in [5.74, 6) is 0.905. The van der Waals surface area contributed by atoms with Crippen LogP contribution >= 0.6 is 12.4 Å². The van der Waals surface area contributed by atoms with Crippen LogP contribution in [0.3, 0.4) is 0 Å². The van der Waals surface area contributed by atoms with Crippen molar-refractivity contribution in [3.8, 4) is 5.88 Å². The highest BCUT2D eigenvalue weighted by Crippen LogP contribution is 2.31. The molecule has 1 saturated carbocycles. The van der Waals surface area contributed by atoms with Gasteiger partial charge in [-0.15, -0.1) is 12.4 Å². The molecule has 0 radical (unpaired) electrons. The van der Waals surface area contributed by atoms with Crippen LogP contribution < -0.4 is 10.1 Å². The van der Waals surface area contributed by atoms with Gasteiger partial charge in [0.05, 0.1) is 11.7 Å². The number of aryl methyl sites for hydroxylation is 1. The molecular formula is C19H28ClN3O. The Morgan fingerprint density at radius 3 is 2.54 bits per heavy atom. The molecule has 0 atom stereocenters. The van der Waals surface area contributed by atoms with Crippen molar-refractivity contribution in [2.24, 2.45) is 0 Å². The first-order chi connectivity index (χ1) is 11.3. The maximum Gasteiger partial charge on any atom is 0.212 e. The monoisotopic (exact) mass is 349 g/mol. The minimum atomic E-state index is 0. The molecule has 1 heterocycles. The van der Waals surface area contributed by atoms with Crippen LogP contribution in [0.25, 0.3) is 0 Å². The topological polar surface area (TPSA) is 39.1 Å². The predicted molar refractivity (Wildman–Crippen MR) is 99.9 cm³/mol. The largest absolute Gasteiger partial charge is 0.473 e. The molecule has 0 saturated heterocycles. The van der Waals surface area contributed by atoms with Crippen molar-refractivity contribution >= 4 is 12.4 Å². The molecule has 1 aromatic heterocycles. The highest BCUT2D eigenvalue weighted by molar-refractivity contribution is 5.85. The van der Waals surface area contributed by atoms with Gasteiger partial charge in [-0.1, -0.05) is 49.1 Å². The van der Waals surface area contributed by atoms with Crippen LogP contribution in [0.15, 0.2) is 30.3 Å². The van der Waals surface area contributed by atoms with Gasteiger partial charge in [-0.2, -0.15) is 5.10 Å². The van der Waals surface area contributed by atoms with Gasteiger partial charge in [0.25, 0.3) is 0 Å². The summed E-state index contributed by atoms with van der Waals surface area (Å²) in [7, 11) is 1.95. The Labute approximate surface area is 151 Å². The van der Waals surface area contributed by atoms with E-state index in [0.29, 0.717) is 12.6 Å². The molecule has 1 aliphatic rings. The summed E-state index contributed by atoms with van der Waals surface area (Å²) in [6, 6.07) is 11.1. The maximum atomic E-state index is 6.12. The Hall–Kier alpha value is -1.52. The van der Waals surface area contributed by atoms with Gasteiger partial charge in [-0.3, -0.25) is 0 Å². The molecule has 1 aromatic carbocycles. The minimum Gasteiger partial charge on any atom is -0.473 e. The Morgan fingerprint density at radius 2 is 1.88 bits per heavy atom. The maximum absolute atomic E-state index is 6.12. The first-order valence-electron chi connectivity index (χ1n) is 8.67. The molecule has 0 amide bonds. The van der Waals surface area contributed by atoms with Gasteiger partial charge in [0, 0.05) is 12.6 Å². The van der Waals surface area contributed by atoms with E-state index < -0.39 is 0 Å². The number of aromatic nitrogens is 2. The molecule has 132 valence electrons. The fraction of sp³-hybridized carbons (Fsp3) is 0.526. The number of halogens is 1. The zero-order valence-electron chi connectivity index (χ0n) is 14.6. The second kappa shape index (κ2) is 9.09. The Kier molecular flexibility index (Phi) is 7.13. The zero-order valence-corrected chi connectivity index (χ0v) is 15.4. The quantitative estimate of drug-likeness (QED) is 0.839. The van der Waals surface area contributed by atoms with Gasteiger partial charge >= 0.3 is 0 Å². The standard InChI is InChI=1S/C19H27N3O.ClH/c1-15-8-10-16(11-9-15)14-23-19-12-17(13-20-2)21-22(19)18-6-4-3-5-7-18;/h8-12,18,20H,3-7,13-14H2,1-2H3;1H. The summed E-state index contributed by atoms with van der Waals surface area (Å²) in [4.78, 5) is 0. The highest BCUT2D eigenvalue weighted by Gasteiger charge is 2.20. The van der Waals surface area contributed by atoms with Crippen LogP contribution in [0.4, 0.5) is 0 Å². The number of ether oxygens (including phenoxy) is 1. The molecule has 0 bridgehead atoms. The molecule has 3 rings (SSSR count). The molecule has 1 fully saturated rings. The lowest BCUT2D eigenvalue weighted by Crippen LogP contribution is -2.16. The molecule has 2 aromatic rings. The minimum absolute atomic E-state index is 0. The molecule has 0 unspecified atom stereocenters. The summed E-state index contributed by atoms with van der Waals surface area (Å²) in [5.41, 5.74) is 3.52. The van der Waals surface area contributed by atoms with Gasteiger partial charge in [0.2, 0.25) is 5.88 Å². The van der Waals surface area contributed by atoms with Crippen molar-refractivity contribution < 1.29 is 4.74 Å². The van der Waals surface area contributed by atoms with Crippen molar-refractivity contribution in [2.45, 2.75) is 58.2 Å². The van der Waals surface area contributed by atoms with E-state index in [-0.39, 0.29) is 12.4 Å². The van der Waals surface area contributed by atoms with Crippen molar-refractivity contribution in [3.63, 3.8) is 0 Å². The number of nitrogens with one attached hydrogen (secondary N) is 1. The second-order valence-electron chi connectivity index (χ2n) is 6.51. The number of rotatable bonds is 6. The third kappa shape index (κ3) is 4.74.